The van der Waals surface area contributed by atoms with E-state index in [0.29, 0.717) is 23.5 Å². The van der Waals surface area contributed by atoms with Gasteiger partial charge in [0, 0.05) is 41.3 Å². The fourth-order valence-electron chi connectivity index (χ4n) is 4.71. The first-order valence-corrected chi connectivity index (χ1v) is 15.6. The van der Waals surface area contributed by atoms with Crippen molar-refractivity contribution < 1.29 is 23.4 Å². The van der Waals surface area contributed by atoms with E-state index in [1.807, 2.05) is 48.7 Å². The van der Waals surface area contributed by atoms with Crippen LogP contribution < -0.4 is 10.0 Å². The number of hydrogen-bond donors (Lipinski definition) is 4. The first-order chi connectivity index (χ1) is 19.6. The lowest BCUT2D eigenvalue weighted by Gasteiger charge is -2.13. The van der Waals surface area contributed by atoms with Gasteiger partial charge in [-0.3, -0.25) is 4.79 Å². The van der Waals surface area contributed by atoms with Gasteiger partial charge in [0.2, 0.25) is 10.0 Å². The number of fused-ring (bicyclic) bond motifs is 1. The second kappa shape index (κ2) is 13.6. The summed E-state index contributed by atoms with van der Waals surface area (Å²) < 4.78 is 28.6. The number of nitrogens with zero attached hydrogens (tertiary/aromatic N) is 1. The summed E-state index contributed by atoms with van der Waals surface area (Å²) in [5, 5.41) is 23.9. The molecule has 4 N–H and O–H groups in total. The molecule has 1 atom stereocenters. The average Bonchev–Trinajstić information content (AvgIpc) is 3.34. The molecule has 1 aromatic heterocycles. The highest BCUT2D eigenvalue weighted by Gasteiger charge is 2.21. The van der Waals surface area contributed by atoms with Gasteiger partial charge < -0.3 is 20.1 Å². The molecule has 0 unspecified atom stereocenters. The van der Waals surface area contributed by atoms with E-state index in [2.05, 4.69) is 34.3 Å². The molecule has 0 fully saturated rings. The van der Waals surface area contributed by atoms with Crippen LogP contribution in [0, 0.1) is 0 Å². The van der Waals surface area contributed by atoms with Gasteiger partial charge in [0.25, 0.3) is 5.91 Å². The smallest absolute Gasteiger partial charge is 0.266 e. The zero-order valence-corrected chi connectivity index (χ0v) is 24.8. The third-order valence-electron chi connectivity index (χ3n) is 6.90. The van der Waals surface area contributed by atoms with Gasteiger partial charge in [0.05, 0.1) is 17.4 Å². The van der Waals surface area contributed by atoms with E-state index in [1.165, 1.54) is 0 Å². The molecule has 0 bridgehead atoms. The van der Waals surface area contributed by atoms with Gasteiger partial charge in [-0.25, -0.2) is 13.1 Å². The lowest BCUT2D eigenvalue weighted by atomic mass is 10.0. The highest BCUT2D eigenvalue weighted by Crippen LogP contribution is 2.30. The van der Waals surface area contributed by atoms with E-state index in [0.717, 1.165) is 34.2 Å². The number of benzene rings is 3. The van der Waals surface area contributed by atoms with Crippen molar-refractivity contribution in [2.24, 2.45) is 0 Å². The van der Waals surface area contributed by atoms with Gasteiger partial charge in [-0.05, 0) is 73.7 Å². The molecular formula is C31H36ClN3O5S. The Morgan fingerprint density at radius 1 is 1.02 bits per heavy atom. The summed E-state index contributed by atoms with van der Waals surface area (Å²) in [5.41, 5.74) is 5.07. The van der Waals surface area contributed by atoms with E-state index in [4.69, 9.17) is 16.7 Å². The number of aromatic nitrogens is 1. The van der Waals surface area contributed by atoms with Crippen LogP contribution in [0.3, 0.4) is 0 Å². The molecular weight excluding hydrogens is 562 g/mol. The van der Waals surface area contributed by atoms with Gasteiger partial charge in [0.1, 0.15) is 0 Å². The second-order valence-corrected chi connectivity index (χ2v) is 12.6. The van der Waals surface area contributed by atoms with Crippen molar-refractivity contribution in [1.82, 2.24) is 14.6 Å². The van der Waals surface area contributed by atoms with Gasteiger partial charge in [0.15, 0.2) is 0 Å². The number of aliphatic hydroxyl groups is 2. The Balaban J connectivity index is 1.44. The number of nitrogens with one attached hydrogen (secondary N) is 2. The largest absolute Gasteiger partial charge is 0.396 e. The zero-order chi connectivity index (χ0) is 29.6. The van der Waals surface area contributed by atoms with Crippen LogP contribution in [-0.4, -0.2) is 54.6 Å². The minimum Gasteiger partial charge on any atom is -0.396 e. The van der Waals surface area contributed by atoms with Crippen LogP contribution >= 0.6 is 11.6 Å². The second-order valence-electron chi connectivity index (χ2n) is 10.3. The standard InChI is InChI=1S/C31H36ClN3O5S/c1-21(2)35-20-28(31(38)34-41(39,40)16-4-15-36)27-12-11-24(18-29(27)35)23-9-7-22(8-10-23)13-14-33-19-30(37)25-5-3-6-26(32)17-25/h3,5-12,17-18,20-21,30,33,36-37H,4,13-16,19H2,1-2H3,(H,34,38)/t30-/m0/s1. The Kier molecular flexibility index (Phi) is 10.2. The Bertz CT molecular complexity index is 1600. The maximum atomic E-state index is 12.9. The maximum absolute atomic E-state index is 12.9. The van der Waals surface area contributed by atoms with Crippen molar-refractivity contribution in [3.05, 3.63) is 94.6 Å². The van der Waals surface area contributed by atoms with Crippen molar-refractivity contribution in [1.29, 1.82) is 0 Å². The molecule has 218 valence electrons. The van der Waals surface area contributed by atoms with Crippen LogP contribution in [0.2, 0.25) is 5.02 Å². The van der Waals surface area contributed by atoms with Crippen LogP contribution in [0.1, 0.15) is 53.9 Å². The fourth-order valence-corrected chi connectivity index (χ4v) is 5.91. The number of halogens is 1. The number of rotatable bonds is 13. The van der Waals surface area contributed by atoms with E-state index in [-0.39, 0.29) is 30.4 Å². The number of amides is 1. The minimum atomic E-state index is -3.84. The Morgan fingerprint density at radius 3 is 2.44 bits per heavy atom. The van der Waals surface area contributed by atoms with Crippen LogP contribution in [0.5, 0.6) is 0 Å². The first kappa shape index (κ1) is 30.7. The SMILES string of the molecule is CC(C)n1cc(C(=O)NS(=O)(=O)CCCO)c2ccc(-c3ccc(CCNC[C@H](O)c4cccc(Cl)c4)cc3)cc21. The summed E-state index contributed by atoms with van der Waals surface area (Å²) in [6.45, 7) is 4.89. The maximum Gasteiger partial charge on any atom is 0.266 e. The van der Waals surface area contributed by atoms with E-state index >= 15 is 0 Å². The van der Waals surface area contributed by atoms with Crippen LogP contribution in [0.4, 0.5) is 0 Å². The van der Waals surface area contributed by atoms with Gasteiger partial charge >= 0.3 is 0 Å². The van der Waals surface area contributed by atoms with E-state index in [1.54, 1.807) is 18.3 Å². The molecule has 4 rings (SSSR count). The zero-order valence-electron chi connectivity index (χ0n) is 23.2. The summed E-state index contributed by atoms with van der Waals surface area (Å²) in [5.74, 6) is -1.00. The lowest BCUT2D eigenvalue weighted by Crippen LogP contribution is -2.32. The molecule has 3 aromatic carbocycles. The predicted octanol–water partition coefficient (Wildman–Crippen LogP) is 4.85. The molecule has 0 spiro atoms. The Morgan fingerprint density at radius 2 is 1.76 bits per heavy atom. The highest BCUT2D eigenvalue weighted by atomic mass is 35.5. The third-order valence-corrected chi connectivity index (χ3v) is 8.46. The summed E-state index contributed by atoms with van der Waals surface area (Å²) in [6, 6.07) is 21.3. The molecule has 4 aromatic rings. The number of sulfonamides is 1. The van der Waals surface area contributed by atoms with Crippen LogP contribution in [0.15, 0.2) is 72.9 Å². The summed E-state index contributed by atoms with van der Waals surface area (Å²) in [4.78, 5) is 12.9. The third kappa shape index (κ3) is 7.96. The lowest BCUT2D eigenvalue weighted by molar-refractivity contribution is 0.0982. The van der Waals surface area contributed by atoms with Gasteiger partial charge in [-0.2, -0.15) is 0 Å². The molecule has 41 heavy (non-hydrogen) atoms. The van der Waals surface area contributed by atoms with Crippen LogP contribution in [0.25, 0.3) is 22.0 Å². The number of aliphatic hydroxyl groups excluding tert-OH is 2. The molecule has 0 aliphatic rings. The Labute approximate surface area is 246 Å². The fraction of sp³-hybridized carbons (Fsp3) is 0.323. The number of carbonyl (C=O) groups excluding carboxylic acids is 1. The monoisotopic (exact) mass is 597 g/mol. The molecule has 0 radical (unpaired) electrons. The van der Waals surface area contributed by atoms with E-state index < -0.39 is 22.0 Å². The van der Waals surface area contributed by atoms with E-state index in [9.17, 15) is 18.3 Å². The summed E-state index contributed by atoms with van der Waals surface area (Å²) >= 11 is 6.01. The first-order valence-electron chi connectivity index (χ1n) is 13.6. The van der Waals surface area contributed by atoms with Gasteiger partial charge in [-0.1, -0.05) is 60.1 Å². The van der Waals surface area contributed by atoms with Gasteiger partial charge in [-0.15, -0.1) is 0 Å². The molecule has 1 amide bonds. The van der Waals surface area contributed by atoms with Crippen LogP contribution in [-0.2, 0) is 16.4 Å². The Hall–Kier alpha value is -3.21. The molecule has 0 aliphatic carbocycles. The molecule has 1 heterocycles. The molecule has 0 aliphatic heterocycles. The normalized spacial score (nSPS) is 12.6. The molecule has 0 saturated carbocycles. The molecule has 8 nitrogen and oxygen atoms in total. The van der Waals surface area contributed by atoms with Crippen molar-refractivity contribution >= 4 is 38.4 Å². The summed E-state index contributed by atoms with van der Waals surface area (Å²) in [6.07, 6.45) is 1.92. The molecule has 0 saturated heterocycles. The van der Waals surface area contributed by atoms with Crippen molar-refractivity contribution in [2.45, 2.75) is 38.8 Å². The number of hydrogen-bond acceptors (Lipinski definition) is 6. The molecule has 10 heteroatoms. The van der Waals surface area contributed by atoms with Crippen molar-refractivity contribution in [3.8, 4) is 11.1 Å². The summed E-state index contributed by atoms with van der Waals surface area (Å²) in [7, 11) is -3.84. The topological polar surface area (TPSA) is 121 Å². The predicted molar refractivity (Wildman–Crippen MR) is 164 cm³/mol. The quantitative estimate of drug-likeness (QED) is 0.164. The highest BCUT2D eigenvalue weighted by molar-refractivity contribution is 7.90. The number of carbonyl (C=O) groups is 1. The minimum absolute atomic E-state index is 0.0487. The van der Waals surface area contributed by atoms with Crippen molar-refractivity contribution in [3.63, 3.8) is 0 Å². The van der Waals surface area contributed by atoms with Crippen molar-refractivity contribution in [2.75, 3.05) is 25.4 Å². The average molecular weight is 598 g/mol.